The average Bonchev–Trinajstić information content (AvgIpc) is 2.40. The van der Waals surface area contributed by atoms with Crippen molar-refractivity contribution < 1.29 is 0 Å². The number of hydrogen-bond donors (Lipinski definition) is 1. The molecule has 0 spiro atoms. The van der Waals surface area contributed by atoms with Crippen molar-refractivity contribution in [2.45, 2.75) is 25.8 Å². The van der Waals surface area contributed by atoms with Gasteiger partial charge in [-0.25, -0.2) is 0 Å². The molecule has 1 aromatic carbocycles. The third-order valence-corrected chi connectivity index (χ3v) is 4.70. The first-order valence-electron chi connectivity index (χ1n) is 6.62. The van der Waals surface area contributed by atoms with E-state index < -0.39 is 0 Å². The van der Waals surface area contributed by atoms with Crippen molar-refractivity contribution in [2.75, 3.05) is 26.2 Å². The second-order valence-corrected chi connectivity index (χ2v) is 6.03. The summed E-state index contributed by atoms with van der Waals surface area (Å²) in [6, 6.07) is 6.84. The van der Waals surface area contributed by atoms with Crippen molar-refractivity contribution in [3.63, 3.8) is 0 Å². The van der Waals surface area contributed by atoms with Gasteiger partial charge in [-0.1, -0.05) is 31.0 Å². The van der Waals surface area contributed by atoms with Crippen molar-refractivity contribution in [1.29, 1.82) is 0 Å². The summed E-state index contributed by atoms with van der Waals surface area (Å²) in [4.78, 5) is 2.58. The molecule has 1 aliphatic heterocycles. The zero-order valence-corrected chi connectivity index (χ0v) is 13.1. The number of nitrogens with one attached hydrogen (secondary N) is 1. The van der Waals surface area contributed by atoms with Gasteiger partial charge in [0.15, 0.2) is 0 Å². The van der Waals surface area contributed by atoms with E-state index in [1.165, 1.54) is 18.4 Å². The number of halogens is 2. The minimum atomic E-state index is 0.519. The molecular weight excluding hydrogens is 312 g/mol. The van der Waals surface area contributed by atoms with Crippen LogP contribution in [-0.2, 0) is 0 Å². The molecule has 1 atom stereocenters. The smallest absolute Gasteiger partial charge is 0.0548 e. The zero-order valence-electron chi connectivity index (χ0n) is 10.8. The van der Waals surface area contributed by atoms with Gasteiger partial charge >= 0.3 is 0 Å². The van der Waals surface area contributed by atoms with Crippen LogP contribution in [0.15, 0.2) is 22.7 Å². The van der Waals surface area contributed by atoms with E-state index in [0.717, 1.165) is 35.7 Å². The lowest BCUT2D eigenvalue weighted by molar-refractivity contribution is 0.164. The first-order valence-corrected chi connectivity index (χ1v) is 7.79. The summed E-state index contributed by atoms with van der Waals surface area (Å²) < 4.78 is 0.998. The van der Waals surface area contributed by atoms with E-state index in [-0.39, 0.29) is 0 Å². The highest BCUT2D eigenvalue weighted by Gasteiger charge is 2.21. The minimum absolute atomic E-state index is 0.519. The summed E-state index contributed by atoms with van der Waals surface area (Å²) in [6.45, 7) is 6.69. The van der Waals surface area contributed by atoms with Crippen molar-refractivity contribution in [1.82, 2.24) is 10.2 Å². The number of nitrogens with zero attached hydrogens (tertiary/aromatic N) is 1. The molecule has 1 N–H and O–H groups in total. The molecule has 100 valence electrons. The summed E-state index contributed by atoms with van der Waals surface area (Å²) in [6.07, 6.45) is 2.41. The normalized spacial score (nSPS) is 18.8. The van der Waals surface area contributed by atoms with Crippen molar-refractivity contribution in [2.24, 2.45) is 0 Å². The summed E-state index contributed by atoms with van der Waals surface area (Å²) in [5.41, 5.74) is 1.37. The Kier molecular flexibility index (Phi) is 5.49. The van der Waals surface area contributed by atoms with Gasteiger partial charge in [-0.15, -0.1) is 0 Å². The van der Waals surface area contributed by atoms with Gasteiger partial charge < -0.3 is 5.32 Å². The molecule has 1 saturated heterocycles. The first kappa shape index (κ1) is 14.3. The van der Waals surface area contributed by atoms with Crippen LogP contribution in [-0.4, -0.2) is 31.1 Å². The highest BCUT2D eigenvalue weighted by Crippen LogP contribution is 2.31. The van der Waals surface area contributed by atoms with E-state index in [1.54, 1.807) is 0 Å². The molecule has 1 aliphatic rings. The lowest BCUT2D eigenvalue weighted by atomic mass is 10.00. The van der Waals surface area contributed by atoms with Gasteiger partial charge in [0.1, 0.15) is 0 Å². The van der Waals surface area contributed by atoms with Gasteiger partial charge in [0.05, 0.1) is 5.02 Å². The lowest BCUT2D eigenvalue weighted by Crippen LogP contribution is -2.45. The van der Waals surface area contributed by atoms with Gasteiger partial charge in [-0.3, -0.25) is 4.90 Å². The Balaban J connectivity index is 2.19. The summed E-state index contributed by atoms with van der Waals surface area (Å²) in [5, 5.41) is 4.20. The minimum Gasteiger partial charge on any atom is -0.314 e. The summed E-state index contributed by atoms with van der Waals surface area (Å²) >= 11 is 9.60. The number of benzene rings is 1. The summed E-state index contributed by atoms with van der Waals surface area (Å²) in [7, 11) is 0. The standard InChI is InChI=1S/C14H20BrClN2/c1-2-3-14(18-8-6-17-7-9-18)11-4-5-13(16)12(15)10-11/h4-5,10,14,17H,2-3,6-9H2,1H3/t14-/m1/s1. The molecule has 0 radical (unpaired) electrons. The quantitative estimate of drug-likeness (QED) is 0.901. The fraction of sp³-hybridized carbons (Fsp3) is 0.571. The molecule has 1 heterocycles. The molecule has 0 saturated carbocycles. The molecule has 2 rings (SSSR count). The van der Waals surface area contributed by atoms with Gasteiger partial charge in [-0.05, 0) is 40.0 Å². The second-order valence-electron chi connectivity index (χ2n) is 4.76. The average molecular weight is 332 g/mol. The second kappa shape index (κ2) is 6.90. The van der Waals surface area contributed by atoms with Gasteiger partial charge in [0.2, 0.25) is 0 Å². The fourth-order valence-corrected chi connectivity index (χ4v) is 3.06. The Morgan fingerprint density at radius 2 is 2.11 bits per heavy atom. The molecule has 0 aliphatic carbocycles. The summed E-state index contributed by atoms with van der Waals surface area (Å²) in [5.74, 6) is 0. The van der Waals surface area contributed by atoms with E-state index in [4.69, 9.17) is 11.6 Å². The van der Waals surface area contributed by atoms with E-state index >= 15 is 0 Å². The Hall–Kier alpha value is -0.0900. The van der Waals surface area contributed by atoms with Crippen molar-refractivity contribution >= 4 is 27.5 Å². The molecule has 0 aromatic heterocycles. The van der Waals surface area contributed by atoms with Crippen LogP contribution in [0.4, 0.5) is 0 Å². The monoisotopic (exact) mass is 330 g/mol. The van der Waals surface area contributed by atoms with Crippen LogP contribution in [0.3, 0.4) is 0 Å². The maximum atomic E-state index is 6.08. The fourth-order valence-electron chi connectivity index (χ4n) is 2.55. The highest BCUT2D eigenvalue weighted by atomic mass is 79.9. The zero-order chi connectivity index (χ0) is 13.0. The molecule has 2 nitrogen and oxygen atoms in total. The maximum absolute atomic E-state index is 6.08. The first-order chi connectivity index (χ1) is 8.72. The largest absolute Gasteiger partial charge is 0.314 e. The van der Waals surface area contributed by atoms with E-state index in [1.807, 2.05) is 6.07 Å². The predicted molar refractivity (Wildman–Crippen MR) is 81.2 cm³/mol. The Labute approximate surface area is 123 Å². The van der Waals surface area contributed by atoms with Crippen LogP contribution in [0.5, 0.6) is 0 Å². The van der Waals surface area contributed by atoms with Crippen LogP contribution < -0.4 is 5.32 Å². The van der Waals surface area contributed by atoms with E-state index in [9.17, 15) is 0 Å². The Morgan fingerprint density at radius 1 is 1.39 bits per heavy atom. The number of piperazine rings is 1. The molecule has 1 fully saturated rings. The molecule has 18 heavy (non-hydrogen) atoms. The molecule has 0 unspecified atom stereocenters. The van der Waals surface area contributed by atoms with Gasteiger partial charge in [-0.2, -0.15) is 0 Å². The molecule has 0 bridgehead atoms. The van der Waals surface area contributed by atoms with Crippen LogP contribution in [0.25, 0.3) is 0 Å². The molecule has 0 amide bonds. The van der Waals surface area contributed by atoms with Crippen LogP contribution in [0, 0.1) is 0 Å². The topological polar surface area (TPSA) is 15.3 Å². The number of rotatable bonds is 4. The van der Waals surface area contributed by atoms with Crippen molar-refractivity contribution in [3.05, 3.63) is 33.3 Å². The third-order valence-electron chi connectivity index (χ3n) is 3.48. The van der Waals surface area contributed by atoms with Gasteiger partial charge in [0.25, 0.3) is 0 Å². The van der Waals surface area contributed by atoms with Crippen molar-refractivity contribution in [3.8, 4) is 0 Å². The lowest BCUT2D eigenvalue weighted by Gasteiger charge is -2.35. The maximum Gasteiger partial charge on any atom is 0.0548 e. The van der Waals surface area contributed by atoms with Crippen LogP contribution in [0.1, 0.15) is 31.4 Å². The van der Waals surface area contributed by atoms with E-state index in [2.05, 4.69) is 45.2 Å². The Morgan fingerprint density at radius 3 is 2.72 bits per heavy atom. The molecular formula is C14H20BrClN2. The van der Waals surface area contributed by atoms with Crippen LogP contribution >= 0.6 is 27.5 Å². The predicted octanol–water partition coefficient (Wildman–Crippen LogP) is 3.85. The molecule has 1 aromatic rings. The highest BCUT2D eigenvalue weighted by molar-refractivity contribution is 9.10. The van der Waals surface area contributed by atoms with Gasteiger partial charge in [0, 0.05) is 36.7 Å². The van der Waals surface area contributed by atoms with Crippen LogP contribution in [0.2, 0.25) is 5.02 Å². The van der Waals surface area contributed by atoms with E-state index in [0.29, 0.717) is 6.04 Å². The number of hydrogen-bond acceptors (Lipinski definition) is 2. The molecule has 4 heteroatoms. The SMILES string of the molecule is CCC[C@H](c1ccc(Cl)c(Br)c1)N1CCNCC1. The Bertz CT molecular complexity index is 391. The third kappa shape index (κ3) is 3.47.